The molecule has 1 saturated carbocycles. The third kappa shape index (κ3) is 6.69. The zero-order valence-electron chi connectivity index (χ0n) is 15.5. The Hall–Kier alpha value is -0.0800. The predicted octanol–water partition coefficient (Wildman–Crippen LogP) is 4.69. The van der Waals surface area contributed by atoms with Crippen molar-refractivity contribution in [3.63, 3.8) is 0 Å². The first-order valence-electron chi connectivity index (χ1n) is 9.34. The number of hydrogen-bond acceptors (Lipinski definition) is 2. The normalized spacial score (nSPS) is 18.9. The fraction of sp³-hybridized carbons (Fsp3) is 1.00. The van der Waals surface area contributed by atoms with Crippen LogP contribution in [-0.4, -0.2) is 36.6 Å². The van der Waals surface area contributed by atoms with Crippen LogP contribution in [0.3, 0.4) is 0 Å². The average molecular weight is 297 g/mol. The van der Waals surface area contributed by atoms with Gasteiger partial charge in [0.2, 0.25) is 0 Å². The zero-order chi connectivity index (χ0) is 15.9. The maximum absolute atomic E-state index is 3.71. The summed E-state index contributed by atoms with van der Waals surface area (Å²) in [6.07, 6.45) is 8.28. The van der Waals surface area contributed by atoms with E-state index in [2.05, 4.69) is 51.8 Å². The van der Waals surface area contributed by atoms with Crippen molar-refractivity contribution in [1.29, 1.82) is 0 Å². The molecule has 1 unspecified atom stereocenters. The number of hydrogen-bond donors (Lipinski definition) is 1. The largest absolute Gasteiger partial charge is 0.314 e. The molecule has 1 aliphatic rings. The molecular weight excluding hydrogens is 256 g/mol. The van der Waals surface area contributed by atoms with Gasteiger partial charge in [0.15, 0.2) is 0 Å². The molecule has 0 saturated heterocycles. The van der Waals surface area contributed by atoms with Crippen molar-refractivity contribution in [3.05, 3.63) is 0 Å². The van der Waals surface area contributed by atoms with Gasteiger partial charge in [0, 0.05) is 18.6 Å². The highest BCUT2D eigenvalue weighted by molar-refractivity contribution is 4.87. The molecule has 126 valence electrons. The molecule has 0 aliphatic heterocycles. The molecule has 2 heteroatoms. The van der Waals surface area contributed by atoms with Gasteiger partial charge in [-0.05, 0) is 57.0 Å². The summed E-state index contributed by atoms with van der Waals surface area (Å²) in [7, 11) is 0. The van der Waals surface area contributed by atoms with Gasteiger partial charge in [0.1, 0.15) is 0 Å². The van der Waals surface area contributed by atoms with Crippen molar-refractivity contribution < 1.29 is 0 Å². The van der Waals surface area contributed by atoms with Crippen molar-refractivity contribution in [2.45, 2.75) is 92.2 Å². The lowest BCUT2D eigenvalue weighted by molar-refractivity contribution is 0.101. The van der Waals surface area contributed by atoms with Crippen molar-refractivity contribution in [2.75, 3.05) is 19.6 Å². The van der Waals surface area contributed by atoms with Crippen molar-refractivity contribution in [1.82, 2.24) is 10.2 Å². The molecule has 0 bridgehead atoms. The first kappa shape index (κ1) is 19.0. The molecule has 0 aromatic heterocycles. The summed E-state index contributed by atoms with van der Waals surface area (Å²) in [5.41, 5.74) is 0.342. The fourth-order valence-corrected chi connectivity index (χ4v) is 3.38. The minimum absolute atomic E-state index is 0.342. The standard InChI is InChI=1S/C19H40N2/c1-7-13-20-17(4)19(5,6)15-21(14-12-16(2)3)18-10-8-9-11-18/h16-18,20H,7-15H2,1-6H3. The third-order valence-electron chi connectivity index (χ3n) is 5.32. The summed E-state index contributed by atoms with van der Waals surface area (Å²) >= 11 is 0. The summed E-state index contributed by atoms with van der Waals surface area (Å²) in [6, 6.07) is 1.43. The van der Waals surface area contributed by atoms with E-state index in [1.165, 1.54) is 51.6 Å². The highest BCUT2D eigenvalue weighted by Crippen LogP contribution is 2.29. The van der Waals surface area contributed by atoms with Gasteiger partial charge in [0.05, 0.1) is 0 Å². The van der Waals surface area contributed by atoms with Gasteiger partial charge in [-0.25, -0.2) is 0 Å². The lowest BCUT2D eigenvalue weighted by Crippen LogP contribution is -2.49. The number of rotatable bonds is 10. The summed E-state index contributed by atoms with van der Waals surface area (Å²) in [5.74, 6) is 0.813. The number of nitrogens with one attached hydrogen (secondary N) is 1. The van der Waals surface area contributed by atoms with Crippen LogP contribution in [0.2, 0.25) is 0 Å². The second kappa shape index (κ2) is 9.15. The molecule has 0 amide bonds. The molecule has 1 aliphatic carbocycles. The minimum atomic E-state index is 0.342. The maximum Gasteiger partial charge on any atom is 0.0102 e. The Balaban J connectivity index is 2.59. The molecule has 21 heavy (non-hydrogen) atoms. The summed E-state index contributed by atoms with van der Waals surface area (Å²) in [4.78, 5) is 2.82. The monoisotopic (exact) mass is 296 g/mol. The van der Waals surface area contributed by atoms with Crippen LogP contribution in [0.5, 0.6) is 0 Å². The molecule has 2 nitrogen and oxygen atoms in total. The highest BCUT2D eigenvalue weighted by atomic mass is 15.2. The van der Waals surface area contributed by atoms with Crippen LogP contribution in [0, 0.1) is 11.3 Å². The van der Waals surface area contributed by atoms with E-state index < -0.39 is 0 Å². The van der Waals surface area contributed by atoms with Crippen LogP contribution in [-0.2, 0) is 0 Å². The molecule has 1 N–H and O–H groups in total. The van der Waals surface area contributed by atoms with E-state index >= 15 is 0 Å². The van der Waals surface area contributed by atoms with Gasteiger partial charge in [-0.2, -0.15) is 0 Å². The quantitative estimate of drug-likeness (QED) is 0.629. The lowest BCUT2D eigenvalue weighted by atomic mass is 9.84. The van der Waals surface area contributed by atoms with Crippen molar-refractivity contribution in [2.24, 2.45) is 11.3 Å². The molecule has 1 rings (SSSR count). The Morgan fingerprint density at radius 3 is 2.29 bits per heavy atom. The van der Waals surface area contributed by atoms with E-state index in [0.717, 1.165) is 18.5 Å². The lowest BCUT2D eigenvalue weighted by Gasteiger charge is -2.40. The smallest absolute Gasteiger partial charge is 0.0102 e. The van der Waals surface area contributed by atoms with E-state index in [1.807, 2.05) is 0 Å². The van der Waals surface area contributed by atoms with Crippen molar-refractivity contribution >= 4 is 0 Å². The van der Waals surface area contributed by atoms with E-state index in [-0.39, 0.29) is 0 Å². The van der Waals surface area contributed by atoms with Crippen LogP contribution in [0.4, 0.5) is 0 Å². The fourth-order valence-electron chi connectivity index (χ4n) is 3.38. The van der Waals surface area contributed by atoms with Crippen LogP contribution in [0.1, 0.15) is 80.1 Å². The van der Waals surface area contributed by atoms with Gasteiger partial charge < -0.3 is 5.32 Å². The summed E-state index contributed by atoms with van der Waals surface area (Å²) in [6.45, 7) is 17.9. The predicted molar refractivity (Wildman–Crippen MR) is 94.8 cm³/mol. The van der Waals surface area contributed by atoms with E-state index in [1.54, 1.807) is 0 Å². The van der Waals surface area contributed by atoms with Crippen molar-refractivity contribution in [3.8, 4) is 0 Å². The Labute approximate surface area is 134 Å². The molecular formula is C19H40N2. The highest BCUT2D eigenvalue weighted by Gasteiger charge is 2.31. The Kier molecular flexibility index (Phi) is 8.26. The zero-order valence-corrected chi connectivity index (χ0v) is 15.5. The van der Waals surface area contributed by atoms with Gasteiger partial charge in [-0.1, -0.05) is 47.5 Å². The second-order valence-corrected chi connectivity index (χ2v) is 8.26. The maximum atomic E-state index is 3.71. The van der Waals surface area contributed by atoms with Gasteiger partial charge in [-0.15, -0.1) is 0 Å². The average Bonchev–Trinajstić information content (AvgIpc) is 2.94. The summed E-state index contributed by atoms with van der Waals surface area (Å²) in [5, 5.41) is 3.71. The SMILES string of the molecule is CCCNC(C)C(C)(C)CN(CCC(C)C)C1CCCC1. The van der Waals surface area contributed by atoms with Gasteiger partial charge >= 0.3 is 0 Å². The van der Waals surface area contributed by atoms with E-state index in [0.29, 0.717) is 11.5 Å². The van der Waals surface area contributed by atoms with Gasteiger partial charge in [0.25, 0.3) is 0 Å². The number of nitrogens with zero attached hydrogens (tertiary/aromatic N) is 1. The first-order chi connectivity index (χ1) is 9.86. The van der Waals surface area contributed by atoms with Crippen LogP contribution >= 0.6 is 0 Å². The van der Waals surface area contributed by atoms with Gasteiger partial charge in [-0.3, -0.25) is 4.90 Å². The molecule has 0 aromatic rings. The Morgan fingerprint density at radius 1 is 1.14 bits per heavy atom. The molecule has 0 heterocycles. The van der Waals surface area contributed by atoms with Crippen LogP contribution < -0.4 is 5.32 Å². The molecule has 0 radical (unpaired) electrons. The molecule has 1 fully saturated rings. The Morgan fingerprint density at radius 2 is 1.76 bits per heavy atom. The third-order valence-corrected chi connectivity index (χ3v) is 5.32. The van der Waals surface area contributed by atoms with E-state index in [9.17, 15) is 0 Å². The van der Waals surface area contributed by atoms with E-state index in [4.69, 9.17) is 0 Å². The Bertz CT molecular complexity index is 267. The molecule has 1 atom stereocenters. The summed E-state index contributed by atoms with van der Waals surface area (Å²) < 4.78 is 0. The molecule has 0 aromatic carbocycles. The van der Waals surface area contributed by atoms with Crippen LogP contribution in [0.15, 0.2) is 0 Å². The molecule has 0 spiro atoms. The first-order valence-corrected chi connectivity index (χ1v) is 9.34. The minimum Gasteiger partial charge on any atom is -0.314 e. The topological polar surface area (TPSA) is 15.3 Å². The second-order valence-electron chi connectivity index (χ2n) is 8.26. The van der Waals surface area contributed by atoms with Crippen LogP contribution in [0.25, 0.3) is 0 Å².